The number of nitrogens with zero attached hydrogens (tertiary/aromatic N) is 1. The van der Waals surface area contributed by atoms with Crippen molar-refractivity contribution in [2.24, 2.45) is 0 Å². The monoisotopic (exact) mass is 257 g/mol. The number of aromatic nitrogens is 2. The number of amides is 1. The quantitative estimate of drug-likeness (QED) is 0.884. The molecule has 0 aliphatic carbocycles. The van der Waals surface area contributed by atoms with Crippen molar-refractivity contribution in [2.45, 2.75) is 33.6 Å². The summed E-state index contributed by atoms with van der Waals surface area (Å²) in [6.45, 7) is 5.96. The van der Waals surface area contributed by atoms with Gasteiger partial charge in [0.15, 0.2) is 0 Å². The molecule has 0 aliphatic heterocycles. The van der Waals surface area contributed by atoms with Crippen LogP contribution in [0.5, 0.6) is 0 Å². The van der Waals surface area contributed by atoms with Gasteiger partial charge >= 0.3 is 0 Å². The molecule has 0 aliphatic rings. The van der Waals surface area contributed by atoms with E-state index in [-0.39, 0.29) is 5.91 Å². The zero-order valence-electron chi connectivity index (χ0n) is 11.6. The van der Waals surface area contributed by atoms with Crippen LogP contribution in [0.15, 0.2) is 24.3 Å². The second-order valence-corrected chi connectivity index (χ2v) is 4.83. The lowest BCUT2D eigenvalue weighted by atomic mass is 10.1. The van der Waals surface area contributed by atoms with Gasteiger partial charge in [0.2, 0.25) is 5.91 Å². The molecule has 0 bridgehead atoms. The van der Waals surface area contributed by atoms with Gasteiger partial charge in [-0.15, -0.1) is 0 Å². The lowest BCUT2D eigenvalue weighted by molar-refractivity contribution is -0.116. The van der Waals surface area contributed by atoms with E-state index in [4.69, 9.17) is 0 Å². The molecule has 0 saturated heterocycles. The minimum Gasteiger partial charge on any atom is -0.326 e. The highest BCUT2D eigenvalue weighted by Crippen LogP contribution is 2.13. The number of hydrogen-bond acceptors (Lipinski definition) is 2. The maximum absolute atomic E-state index is 11.9. The number of anilines is 1. The Labute approximate surface area is 113 Å². The van der Waals surface area contributed by atoms with E-state index in [0.717, 1.165) is 22.6 Å². The zero-order chi connectivity index (χ0) is 13.8. The SMILES string of the molecule is Cc1ccc(NC(=O)CCc2c(C)n[nH]c2C)cc1. The molecule has 0 unspecified atom stereocenters. The highest BCUT2D eigenvalue weighted by molar-refractivity contribution is 5.90. The van der Waals surface area contributed by atoms with E-state index in [1.54, 1.807) is 0 Å². The molecular formula is C15H19N3O. The number of aromatic amines is 1. The van der Waals surface area contributed by atoms with Crippen LogP contribution in [0.3, 0.4) is 0 Å². The van der Waals surface area contributed by atoms with E-state index < -0.39 is 0 Å². The van der Waals surface area contributed by atoms with Gasteiger partial charge in [-0.3, -0.25) is 9.89 Å². The van der Waals surface area contributed by atoms with Gasteiger partial charge in [-0.25, -0.2) is 0 Å². The summed E-state index contributed by atoms with van der Waals surface area (Å²) < 4.78 is 0. The molecule has 1 amide bonds. The Hall–Kier alpha value is -2.10. The predicted octanol–water partition coefficient (Wildman–Crippen LogP) is 2.91. The fraction of sp³-hybridized carbons (Fsp3) is 0.333. The molecule has 4 heteroatoms. The average molecular weight is 257 g/mol. The smallest absolute Gasteiger partial charge is 0.224 e. The van der Waals surface area contributed by atoms with Gasteiger partial charge in [0.25, 0.3) is 0 Å². The molecule has 4 nitrogen and oxygen atoms in total. The van der Waals surface area contributed by atoms with Gasteiger partial charge in [0, 0.05) is 17.8 Å². The third-order valence-electron chi connectivity index (χ3n) is 3.22. The van der Waals surface area contributed by atoms with Crippen LogP contribution in [0.4, 0.5) is 5.69 Å². The van der Waals surface area contributed by atoms with Crippen molar-refractivity contribution in [2.75, 3.05) is 5.32 Å². The first-order valence-corrected chi connectivity index (χ1v) is 6.43. The van der Waals surface area contributed by atoms with E-state index in [2.05, 4.69) is 15.5 Å². The van der Waals surface area contributed by atoms with Crippen LogP contribution in [0.25, 0.3) is 0 Å². The largest absolute Gasteiger partial charge is 0.326 e. The molecular weight excluding hydrogens is 238 g/mol. The molecule has 19 heavy (non-hydrogen) atoms. The van der Waals surface area contributed by atoms with Crippen molar-refractivity contribution in [3.8, 4) is 0 Å². The van der Waals surface area contributed by atoms with Crippen LogP contribution >= 0.6 is 0 Å². The minimum absolute atomic E-state index is 0.0313. The Morgan fingerprint density at radius 3 is 2.47 bits per heavy atom. The summed E-state index contributed by atoms with van der Waals surface area (Å²) in [6, 6.07) is 7.81. The summed E-state index contributed by atoms with van der Waals surface area (Å²) in [5.41, 5.74) is 5.18. The highest BCUT2D eigenvalue weighted by atomic mass is 16.1. The molecule has 1 aromatic carbocycles. The summed E-state index contributed by atoms with van der Waals surface area (Å²) in [7, 11) is 0. The predicted molar refractivity (Wildman–Crippen MR) is 76.2 cm³/mol. The molecule has 2 aromatic rings. The Kier molecular flexibility index (Phi) is 4.00. The summed E-state index contributed by atoms with van der Waals surface area (Å²) in [5.74, 6) is 0.0313. The molecule has 0 atom stereocenters. The molecule has 2 rings (SSSR count). The van der Waals surface area contributed by atoms with Gasteiger partial charge in [-0.05, 0) is 44.9 Å². The van der Waals surface area contributed by atoms with Crippen LogP contribution in [0.1, 0.15) is 28.9 Å². The molecule has 1 heterocycles. The molecule has 0 fully saturated rings. The van der Waals surface area contributed by atoms with Crippen LogP contribution in [-0.2, 0) is 11.2 Å². The molecule has 100 valence electrons. The normalized spacial score (nSPS) is 10.5. The van der Waals surface area contributed by atoms with E-state index in [9.17, 15) is 4.79 Å². The van der Waals surface area contributed by atoms with Gasteiger partial charge in [-0.1, -0.05) is 17.7 Å². The number of nitrogens with one attached hydrogen (secondary N) is 2. The van der Waals surface area contributed by atoms with Crippen molar-refractivity contribution in [3.05, 3.63) is 46.8 Å². The minimum atomic E-state index is 0.0313. The van der Waals surface area contributed by atoms with Crippen molar-refractivity contribution >= 4 is 11.6 Å². The number of benzene rings is 1. The summed E-state index contributed by atoms with van der Waals surface area (Å²) in [5, 5.41) is 9.97. The van der Waals surface area contributed by atoms with Gasteiger partial charge in [0.05, 0.1) is 5.69 Å². The summed E-state index contributed by atoms with van der Waals surface area (Å²) in [6.07, 6.45) is 1.18. The Morgan fingerprint density at radius 2 is 1.89 bits per heavy atom. The number of rotatable bonds is 4. The second kappa shape index (κ2) is 5.69. The highest BCUT2D eigenvalue weighted by Gasteiger charge is 2.09. The van der Waals surface area contributed by atoms with Crippen LogP contribution < -0.4 is 5.32 Å². The van der Waals surface area contributed by atoms with Crippen molar-refractivity contribution in [3.63, 3.8) is 0 Å². The summed E-state index contributed by atoms with van der Waals surface area (Å²) >= 11 is 0. The van der Waals surface area contributed by atoms with E-state index in [1.807, 2.05) is 45.0 Å². The Balaban J connectivity index is 1.90. The third kappa shape index (κ3) is 3.44. The number of H-pyrrole nitrogens is 1. The van der Waals surface area contributed by atoms with Gasteiger partial charge < -0.3 is 5.32 Å². The Morgan fingerprint density at radius 1 is 1.21 bits per heavy atom. The van der Waals surface area contributed by atoms with E-state index in [0.29, 0.717) is 12.8 Å². The maximum atomic E-state index is 11.9. The van der Waals surface area contributed by atoms with Crippen molar-refractivity contribution in [1.29, 1.82) is 0 Å². The third-order valence-corrected chi connectivity index (χ3v) is 3.22. The van der Waals surface area contributed by atoms with Crippen molar-refractivity contribution in [1.82, 2.24) is 10.2 Å². The zero-order valence-corrected chi connectivity index (χ0v) is 11.6. The molecule has 0 radical (unpaired) electrons. The lowest BCUT2D eigenvalue weighted by Crippen LogP contribution is -2.12. The first kappa shape index (κ1) is 13.3. The van der Waals surface area contributed by atoms with Crippen molar-refractivity contribution < 1.29 is 4.79 Å². The number of hydrogen-bond donors (Lipinski definition) is 2. The molecule has 0 spiro atoms. The maximum Gasteiger partial charge on any atom is 0.224 e. The van der Waals surface area contributed by atoms with Gasteiger partial charge in [-0.2, -0.15) is 5.10 Å². The first-order valence-electron chi connectivity index (χ1n) is 6.43. The fourth-order valence-corrected chi connectivity index (χ4v) is 2.04. The second-order valence-electron chi connectivity index (χ2n) is 4.83. The van der Waals surface area contributed by atoms with Crippen LogP contribution in [0, 0.1) is 20.8 Å². The molecule has 1 aromatic heterocycles. The number of aryl methyl sites for hydroxylation is 3. The Bertz CT molecular complexity index is 550. The van der Waals surface area contributed by atoms with Crippen LogP contribution in [0.2, 0.25) is 0 Å². The lowest BCUT2D eigenvalue weighted by Gasteiger charge is -2.05. The van der Waals surface area contributed by atoms with E-state index in [1.165, 1.54) is 5.56 Å². The van der Waals surface area contributed by atoms with Gasteiger partial charge in [0.1, 0.15) is 0 Å². The van der Waals surface area contributed by atoms with E-state index >= 15 is 0 Å². The number of carbonyl (C=O) groups excluding carboxylic acids is 1. The molecule has 2 N–H and O–H groups in total. The summed E-state index contributed by atoms with van der Waals surface area (Å²) in [4.78, 5) is 11.9. The number of carbonyl (C=O) groups is 1. The van der Waals surface area contributed by atoms with Crippen LogP contribution in [-0.4, -0.2) is 16.1 Å². The standard InChI is InChI=1S/C15H19N3O/c1-10-4-6-13(7-5-10)16-15(19)9-8-14-11(2)17-18-12(14)3/h4-7H,8-9H2,1-3H3,(H,16,19)(H,17,18). The average Bonchev–Trinajstić information content (AvgIpc) is 2.70. The fourth-order valence-electron chi connectivity index (χ4n) is 2.04. The molecule has 0 saturated carbocycles. The topological polar surface area (TPSA) is 57.8 Å². The first-order chi connectivity index (χ1) is 9.06.